The molecule has 1 aliphatic rings. The molecule has 1 amide bonds. The first-order chi connectivity index (χ1) is 10.3. The number of piperazine rings is 1. The van der Waals surface area contributed by atoms with Crippen molar-refractivity contribution < 1.29 is 27.9 Å². The molecule has 1 fully saturated rings. The Kier molecular flexibility index (Phi) is 6.54. The van der Waals surface area contributed by atoms with Crippen molar-refractivity contribution in [2.45, 2.75) is 12.6 Å². The van der Waals surface area contributed by atoms with E-state index in [2.05, 4.69) is 0 Å². The molecule has 0 radical (unpaired) electrons. The van der Waals surface area contributed by atoms with E-state index in [4.69, 9.17) is 5.11 Å². The third-order valence-corrected chi connectivity index (χ3v) is 3.49. The van der Waals surface area contributed by atoms with Crippen LogP contribution in [-0.4, -0.2) is 66.9 Å². The summed E-state index contributed by atoms with van der Waals surface area (Å²) in [5.41, 5.74) is -0.0511. The minimum absolute atomic E-state index is 0. The van der Waals surface area contributed by atoms with Crippen LogP contribution in [0.15, 0.2) is 24.3 Å². The first-order valence-electron chi connectivity index (χ1n) is 6.69. The zero-order valence-electron chi connectivity index (χ0n) is 11.6. The monoisotopic (exact) mass is 324 g/mol. The molecule has 1 heterocycles. The van der Waals surface area contributed by atoms with Gasteiger partial charge in [0.15, 0.2) is 0 Å². The van der Waals surface area contributed by atoms with Crippen molar-refractivity contribution in [2.24, 2.45) is 0 Å². The molecule has 9 heteroatoms. The minimum atomic E-state index is -4.36. The van der Waals surface area contributed by atoms with Gasteiger partial charge in [-0.2, -0.15) is 13.2 Å². The van der Waals surface area contributed by atoms with Gasteiger partial charge in [-0.3, -0.25) is 9.59 Å². The van der Waals surface area contributed by atoms with Crippen molar-refractivity contribution in [2.75, 3.05) is 31.1 Å². The molecule has 1 aromatic rings. The number of hydrogen-bond donors (Lipinski definition) is 1. The first-order valence-corrected chi connectivity index (χ1v) is 6.69. The van der Waals surface area contributed by atoms with E-state index in [9.17, 15) is 22.8 Å². The molecule has 1 aromatic carbocycles. The summed E-state index contributed by atoms with van der Waals surface area (Å²) in [4.78, 5) is 25.4. The van der Waals surface area contributed by atoms with Crippen LogP contribution < -0.4 is 4.90 Å². The zero-order chi connectivity index (χ0) is 16.3. The maximum absolute atomic E-state index is 12.5. The van der Waals surface area contributed by atoms with Gasteiger partial charge in [0.1, 0.15) is 6.42 Å². The molecule has 1 aliphatic heterocycles. The second kappa shape index (κ2) is 7.75. The summed E-state index contributed by atoms with van der Waals surface area (Å²) in [6, 6.07) is 4.85. The van der Waals surface area contributed by atoms with E-state index in [0.717, 1.165) is 12.1 Å². The summed E-state index contributed by atoms with van der Waals surface area (Å²) in [6.45, 7) is 1.62. The van der Waals surface area contributed by atoms with Crippen LogP contribution in [0.25, 0.3) is 0 Å². The van der Waals surface area contributed by atoms with Crippen molar-refractivity contribution in [1.29, 1.82) is 0 Å². The van der Waals surface area contributed by atoms with Gasteiger partial charge in [-0.25, -0.2) is 0 Å². The van der Waals surface area contributed by atoms with E-state index in [0.29, 0.717) is 31.9 Å². The Morgan fingerprint density at radius 1 is 1.04 bits per heavy atom. The number of carbonyl (C=O) groups is 2. The predicted molar refractivity (Wildman–Crippen MR) is 79.6 cm³/mol. The molecule has 1 N–H and O–H groups in total. The van der Waals surface area contributed by atoms with E-state index in [1.807, 2.05) is 4.90 Å². The van der Waals surface area contributed by atoms with Crippen LogP contribution in [0.5, 0.6) is 0 Å². The molecular weight excluding hydrogens is 308 g/mol. The molecule has 2 rings (SSSR count). The molecule has 0 unspecified atom stereocenters. The van der Waals surface area contributed by atoms with Crippen molar-refractivity contribution in [3.05, 3.63) is 29.8 Å². The summed E-state index contributed by atoms with van der Waals surface area (Å²) < 4.78 is 37.5. The van der Waals surface area contributed by atoms with Crippen LogP contribution in [0.1, 0.15) is 12.0 Å². The van der Waals surface area contributed by atoms with E-state index in [-0.39, 0.29) is 18.9 Å². The molecule has 0 saturated carbocycles. The van der Waals surface area contributed by atoms with E-state index < -0.39 is 30.0 Å². The van der Waals surface area contributed by atoms with Gasteiger partial charge in [0.2, 0.25) is 5.91 Å². The number of amides is 1. The van der Waals surface area contributed by atoms with Crippen molar-refractivity contribution in [1.82, 2.24) is 4.90 Å². The fraction of sp³-hybridized carbons (Fsp3) is 0.429. The Hall–Kier alpha value is -1.65. The standard InChI is InChI=1S/C14H15F3N2O3.Li.H/c15-14(16,17)10-1-3-11(4-2-10)18-5-7-19(8-6-18)12(20)9-13(21)22;;/h1-4H,5-9H2,(H,21,22);;. The quantitative estimate of drug-likeness (QED) is 0.670. The van der Waals surface area contributed by atoms with E-state index in [1.54, 1.807) is 0 Å². The third kappa shape index (κ3) is 5.18. The number of halogens is 3. The SMILES string of the molecule is O=C(O)CC(=O)N1CCN(c2ccc(C(F)(F)F)cc2)CC1.[LiH]. The fourth-order valence-corrected chi connectivity index (χ4v) is 2.32. The summed E-state index contributed by atoms with van der Waals surface area (Å²) >= 11 is 0. The molecule has 0 atom stereocenters. The van der Waals surface area contributed by atoms with Crippen LogP contribution in [-0.2, 0) is 15.8 Å². The second-order valence-corrected chi connectivity index (χ2v) is 4.98. The summed E-state index contributed by atoms with van der Waals surface area (Å²) in [6.07, 6.45) is -4.90. The average molecular weight is 324 g/mol. The van der Waals surface area contributed by atoms with Crippen molar-refractivity contribution >= 4 is 36.4 Å². The van der Waals surface area contributed by atoms with E-state index in [1.165, 1.54) is 17.0 Å². The Bertz CT molecular complexity index is 555. The predicted octanol–water partition coefficient (Wildman–Crippen LogP) is 1.18. The fourth-order valence-electron chi connectivity index (χ4n) is 2.32. The van der Waals surface area contributed by atoms with Gasteiger partial charge in [0, 0.05) is 31.9 Å². The molecule has 0 spiro atoms. The number of carbonyl (C=O) groups excluding carboxylic acids is 1. The molecule has 0 aliphatic carbocycles. The molecule has 23 heavy (non-hydrogen) atoms. The number of aliphatic carboxylic acids is 1. The van der Waals surface area contributed by atoms with Crippen molar-refractivity contribution in [3.63, 3.8) is 0 Å². The van der Waals surface area contributed by atoms with Gasteiger partial charge in [0.25, 0.3) is 0 Å². The van der Waals surface area contributed by atoms with Crippen molar-refractivity contribution in [3.8, 4) is 0 Å². The number of rotatable bonds is 3. The third-order valence-electron chi connectivity index (χ3n) is 3.49. The van der Waals surface area contributed by atoms with Gasteiger partial charge >= 0.3 is 31.0 Å². The Balaban J connectivity index is 0.00000264. The average Bonchev–Trinajstić information content (AvgIpc) is 2.46. The topological polar surface area (TPSA) is 60.9 Å². The molecule has 5 nitrogen and oxygen atoms in total. The molecular formula is C14H16F3LiN2O3. The number of benzene rings is 1. The summed E-state index contributed by atoms with van der Waals surface area (Å²) in [7, 11) is 0. The van der Waals surface area contributed by atoms with Gasteiger partial charge < -0.3 is 14.9 Å². The number of carboxylic acid groups (broad SMARTS) is 1. The number of carboxylic acids is 1. The molecule has 1 saturated heterocycles. The second-order valence-electron chi connectivity index (χ2n) is 4.98. The Morgan fingerprint density at radius 2 is 1.57 bits per heavy atom. The van der Waals surface area contributed by atoms with E-state index >= 15 is 0 Å². The molecule has 0 aromatic heterocycles. The van der Waals surface area contributed by atoms with Gasteiger partial charge in [-0.05, 0) is 24.3 Å². The summed E-state index contributed by atoms with van der Waals surface area (Å²) in [5, 5.41) is 8.59. The zero-order valence-corrected chi connectivity index (χ0v) is 11.6. The van der Waals surface area contributed by atoms with Gasteiger partial charge in [0.05, 0.1) is 5.56 Å². The number of hydrogen-bond acceptors (Lipinski definition) is 3. The van der Waals surface area contributed by atoms with Crippen LogP contribution in [0.3, 0.4) is 0 Å². The number of alkyl halides is 3. The Labute approximate surface area is 143 Å². The molecule has 0 bridgehead atoms. The van der Waals surface area contributed by atoms with Crippen LogP contribution in [0.4, 0.5) is 18.9 Å². The summed E-state index contributed by atoms with van der Waals surface area (Å²) in [5.74, 6) is -1.62. The van der Waals surface area contributed by atoms with Crippen LogP contribution in [0, 0.1) is 0 Å². The normalized spacial score (nSPS) is 15.1. The Morgan fingerprint density at radius 3 is 2.00 bits per heavy atom. The number of nitrogens with zero attached hydrogens (tertiary/aromatic N) is 2. The van der Waals surface area contributed by atoms with Crippen LogP contribution >= 0.6 is 0 Å². The van der Waals surface area contributed by atoms with Crippen LogP contribution in [0.2, 0.25) is 0 Å². The molecule has 122 valence electrons. The maximum atomic E-state index is 12.5. The first kappa shape index (κ1) is 19.4. The van der Waals surface area contributed by atoms with Gasteiger partial charge in [-0.1, -0.05) is 0 Å². The number of anilines is 1. The van der Waals surface area contributed by atoms with Gasteiger partial charge in [-0.15, -0.1) is 0 Å².